The summed E-state index contributed by atoms with van der Waals surface area (Å²) in [6, 6.07) is 9.20. The number of methoxy groups -OCH3 is 1. The number of benzene rings is 2. The van der Waals surface area contributed by atoms with Crippen LogP contribution in [-0.4, -0.2) is 47.7 Å². The predicted octanol–water partition coefficient (Wildman–Crippen LogP) is 5.92. The van der Waals surface area contributed by atoms with E-state index in [4.69, 9.17) is 4.74 Å². The average molecular weight is 524 g/mol. The molecule has 2 aliphatic rings. The van der Waals surface area contributed by atoms with E-state index in [1.54, 1.807) is 13.2 Å². The maximum Gasteiger partial charge on any atom is 0.294 e. The molecule has 4 rings (SSSR count). The smallest absolute Gasteiger partial charge is 0.294 e. The second-order valence-corrected chi connectivity index (χ2v) is 10.6. The van der Waals surface area contributed by atoms with E-state index in [1.807, 2.05) is 12.1 Å². The van der Waals surface area contributed by atoms with Crippen LogP contribution in [0.15, 0.2) is 47.4 Å². The van der Waals surface area contributed by atoms with Gasteiger partial charge in [-0.2, -0.15) is 0 Å². The van der Waals surface area contributed by atoms with Crippen LogP contribution in [0.2, 0.25) is 0 Å². The van der Waals surface area contributed by atoms with Crippen molar-refractivity contribution in [2.24, 2.45) is 0 Å². The molecule has 0 saturated carbocycles. The van der Waals surface area contributed by atoms with Crippen molar-refractivity contribution in [3.05, 3.63) is 64.3 Å². The van der Waals surface area contributed by atoms with Gasteiger partial charge in [0.15, 0.2) is 0 Å². The van der Waals surface area contributed by atoms with Gasteiger partial charge in [-0.05, 0) is 80.9 Å². The van der Waals surface area contributed by atoms with Gasteiger partial charge in [-0.25, -0.2) is 4.39 Å². The SMILES string of the molecule is CCCN1c2cc(OC)c(/C=C3/SC(=O)N(CC(=O)Nc4ccc(F)cc4)C3=O)cc2C(C)=CC1(C)C. The molecule has 9 heteroatoms. The number of imide groups is 1. The van der Waals surface area contributed by atoms with Crippen LogP contribution in [-0.2, 0) is 9.59 Å². The summed E-state index contributed by atoms with van der Waals surface area (Å²) in [5.41, 5.74) is 4.11. The third kappa shape index (κ3) is 5.41. The third-order valence-corrected chi connectivity index (χ3v) is 7.27. The monoisotopic (exact) mass is 523 g/mol. The number of carbonyl (C=O) groups excluding carboxylic acids is 3. The van der Waals surface area contributed by atoms with Crippen LogP contribution in [0, 0.1) is 5.82 Å². The van der Waals surface area contributed by atoms with Gasteiger partial charge in [0.05, 0.1) is 17.6 Å². The van der Waals surface area contributed by atoms with E-state index in [-0.39, 0.29) is 10.4 Å². The van der Waals surface area contributed by atoms with E-state index >= 15 is 0 Å². The lowest BCUT2D eigenvalue weighted by Crippen LogP contribution is -2.45. The Bertz CT molecular complexity index is 1320. The third-order valence-electron chi connectivity index (χ3n) is 6.37. The number of nitrogens with one attached hydrogen (secondary N) is 1. The Morgan fingerprint density at radius 3 is 2.54 bits per heavy atom. The van der Waals surface area contributed by atoms with Crippen LogP contribution in [0.5, 0.6) is 5.75 Å². The molecule has 0 atom stereocenters. The Labute approximate surface area is 220 Å². The number of ether oxygens (including phenoxy) is 1. The molecule has 0 radical (unpaired) electrons. The fraction of sp³-hybridized carbons (Fsp3) is 0.321. The van der Waals surface area contributed by atoms with E-state index in [0.29, 0.717) is 17.0 Å². The first-order chi connectivity index (χ1) is 17.5. The lowest BCUT2D eigenvalue weighted by molar-refractivity contribution is -0.127. The summed E-state index contributed by atoms with van der Waals surface area (Å²) in [7, 11) is 1.57. The van der Waals surface area contributed by atoms with Crippen LogP contribution in [0.25, 0.3) is 11.6 Å². The van der Waals surface area contributed by atoms with Gasteiger partial charge in [0.25, 0.3) is 11.1 Å². The lowest BCUT2D eigenvalue weighted by atomic mass is 9.87. The first-order valence-electron chi connectivity index (χ1n) is 12.0. The van der Waals surface area contributed by atoms with Gasteiger partial charge in [-0.15, -0.1) is 0 Å². The van der Waals surface area contributed by atoms with Crippen molar-refractivity contribution in [1.82, 2.24) is 4.90 Å². The Morgan fingerprint density at radius 1 is 1.19 bits per heavy atom. The number of allylic oxidation sites excluding steroid dienone is 1. The average Bonchev–Trinajstić information content (AvgIpc) is 3.10. The van der Waals surface area contributed by atoms with Crippen molar-refractivity contribution in [3.8, 4) is 5.75 Å². The Hall–Kier alpha value is -3.59. The molecule has 2 aliphatic heterocycles. The molecule has 37 heavy (non-hydrogen) atoms. The number of fused-ring (bicyclic) bond motifs is 1. The molecule has 2 aromatic rings. The lowest BCUT2D eigenvalue weighted by Gasteiger charge is -2.43. The molecule has 7 nitrogen and oxygen atoms in total. The summed E-state index contributed by atoms with van der Waals surface area (Å²) < 4.78 is 18.8. The van der Waals surface area contributed by atoms with E-state index in [2.05, 4.69) is 44.0 Å². The number of nitrogens with zero attached hydrogens (tertiary/aromatic N) is 2. The van der Waals surface area contributed by atoms with Crippen molar-refractivity contribution in [3.63, 3.8) is 0 Å². The van der Waals surface area contributed by atoms with E-state index in [1.165, 1.54) is 24.3 Å². The van der Waals surface area contributed by atoms with Gasteiger partial charge in [0, 0.05) is 35.1 Å². The molecule has 1 fully saturated rings. The first kappa shape index (κ1) is 26.5. The number of hydrogen-bond acceptors (Lipinski definition) is 6. The summed E-state index contributed by atoms with van der Waals surface area (Å²) in [5.74, 6) is -0.948. The molecule has 2 heterocycles. The summed E-state index contributed by atoms with van der Waals surface area (Å²) in [6.07, 6.45) is 4.86. The Morgan fingerprint density at radius 2 is 1.89 bits per heavy atom. The van der Waals surface area contributed by atoms with Crippen LogP contribution < -0.4 is 15.0 Å². The van der Waals surface area contributed by atoms with E-state index < -0.39 is 29.4 Å². The molecular formula is C28H30FN3O4S. The zero-order chi connectivity index (χ0) is 26.9. The highest BCUT2D eigenvalue weighted by molar-refractivity contribution is 8.18. The molecule has 0 spiro atoms. The molecule has 2 aromatic carbocycles. The molecule has 0 aliphatic carbocycles. The number of thioether (sulfide) groups is 1. The topological polar surface area (TPSA) is 79.0 Å². The summed E-state index contributed by atoms with van der Waals surface area (Å²) in [5, 5.41) is 2.04. The van der Waals surface area contributed by atoms with Gasteiger partial charge >= 0.3 is 0 Å². The number of carbonyl (C=O) groups is 3. The molecule has 1 saturated heterocycles. The molecule has 1 N–H and O–H groups in total. The minimum atomic E-state index is -0.555. The largest absolute Gasteiger partial charge is 0.496 e. The number of amides is 3. The van der Waals surface area contributed by atoms with Crippen LogP contribution in [0.4, 0.5) is 20.6 Å². The molecule has 0 unspecified atom stereocenters. The Kier molecular flexibility index (Phi) is 7.45. The molecular weight excluding hydrogens is 493 g/mol. The van der Waals surface area contributed by atoms with Gasteiger partial charge in [0.1, 0.15) is 18.1 Å². The highest BCUT2D eigenvalue weighted by Gasteiger charge is 2.37. The first-order valence-corrected chi connectivity index (χ1v) is 12.9. The fourth-order valence-corrected chi connectivity index (χ4v) is 5.53. The Balaban J connectivity index is 1.60. The second kappa shape index (κ2) is 10.4. The van der Waals surface area contributed by atoms with Crippen LogP contribution in [0.3, 0.4) is 0 Å². The predicted molar refractivity (Wildman–Crippen MR) is 146 cm³/mol. The number of rotatable bonds is 7. The van der Waals surface area contributed by atoms with Crippen molar-refractivity contribution in [1.29, 1.82) is 0 Å². The number of halogens is 1. The maximum atomic E-state index is 13.1. The highest BCUT2D eigenvalue weighted by atomic mass is 32.2. The van der Waals surface area contributed by atoms with Crippen molar-refractivity contribution >= 4 is 51.8 Å². The maximum absolute atomic E-state index is 13.1. The quantitative estimate of drug-likeness (QED) is 0.454. The highest BCUT2D eigenvalue weighted by Crippen LogP contribution is 2.43. The second-order valence-electron chi connectivity index (χ2n) is 9.57. The zero-order valence-electron chi connectivity index (χ0n) is 21.6. The van der Waals surface area contributed by atoms with Gasteiger partial charge in [-0.3, -0.25) is 19.3 Å². The molecule has 3 amide bonds. The molecule has 0 aromatic heterocycles. The number of hydrogen-bond donors (Lipinski definition) is 1. The van der Waals surface area contributed by atoms with Crippen molar-refractivity contribution < 1.29 is 23.5 Å². The number of anilines is 2. The fourth-order valence-electron chi connectivity index (χ4n) is 4.70. The summed E-state index contributed by atoms with van der Waals surface area (Å²) in [4.78, 5) is 41.5. The van der Waals surface area contributed by atoms with Gasteiger partial charge in [0.2, 0.25) is 5.91 Å². The van der Waals surface area contributed by atoms with Crippen molar-refractivity contribution in [2.75, 3.05) is 30.4 Å². The molecule has 194 valence electrons. The molecule has 0 bridgehead atoms. The zero-order valence-corrected chi connectivity index (χ0v) is 22.4. The van der Waals surface area contributed by atoms with Gasteiger partial charge in [-0.1, -0.05) is 13.0 Å². The van der Waals surface area contributed by atoms with Crippen LogP contribution in [0.1, 0.15) is 45.2 Å². The summed E-state index contributed by atoms with van der Waals surface area (Å²) in [6.45, 7) is 9.00. The van der Waals surface area contributed by atoms with Gasteiger partial charge < -0.3 is 15.0 Å². The normalized spacial score (nSPS) is 17.7. The summed E-state index contributed by atoms with van der Waals surface area (Å²) >= 11 is 0.781. The standard InChI is InChI=1S/C28H30FN3O4S/c1-6-11-32-22-14-23(36-5)18(12-21(22)17(2)15-28(32,3)4)13-24-26(34)31(27(35)37-24)16-25(33)30-20-9-7-19(29)8-10-20/h7-10,12-15H,6,11,16H2,1-5H3,(H,30,33)/b24-13+. The van der Waals surface area contributed by atoms with Crippen LogP contribution >= 0.6 is 11.8 Å². The minimum absolute atomic E-state index is 0.156. The van der Waals surface area contributed by atoms with E-state index in [0.717, 1.165) is 46.5 Å². The minimum Gasteiger partial charge on any atom is -0.496 e. The van der Waals surface area contributed by atoms with Crippen molar-refractivity contribution in [2.45, 2.75) is 39.7 Å². The van der Waals surface area contributed by atoms with E-state index in [9.17, 15) is 18.8 Å².